The molecule has 0 saturated heterocycles. The quantitative estimate of drug-likeness (QED) is 0.778. The van der Waals surface area contributed by atoms with Crippen molar-refractivity contribution in [2.24, 2.45) is 0 Å². The maximum absolute atomic E-state index is 9.27. The average Bonchev–Trinajstić information content (AvgIpc) is 2.61. The second-order valence-corrected chi connectivity index (χ2v) is 6.09. The molecule has 0 heterocycles. The number of aliphatic hydroxyl groups excluding tert-OH is 1. The monoisotopic (exact) mass is 329 g/mol. The normalized spacial score (nSPS) is 13.4. The van der Waals surface area contributed by atoms with Crippen molar-refractivity contribution >= 4 is 0 Å². The topological polar surface area (TPSA) is 50.7 Å². The van der Waals surface area contributed by atoms with Gasteiger partial charge >= 0.3 is 0 Å². The van der Waals surface area contributed by atoms with Crippen molar-refractivity contribution in [3.8, 4) is 11.5 Å². The van der Waals surface area contributed by atoms with E-state index in [2.05, 4.69) is 31.3 Å². The van der Waals surface area contributed by atoms with Crippen LogP contribution in [0.3, 0.4) is 0 Å². The molecule has 2 N–H and O–H groups in total. The molecule has 2 aromatic rings. The zero-order valence-corrected chi connectivity index (χ0v) is 14.9. The molecule has 2 atom stereocenters. The Labute approximate surface area is 144 Å². The minimum absolute atomic E-state index is 0.0712. The Morgan fingerprint density at radius 2 is 1.71 bits per heavy atom. The molecule has 2 aromatic carbocycles. The van der Waals surface area contributed by atoms with Gasteiger partial charge in [0.1, 0.15) is 0 Å². The Kier molecular flexibility index (Phi) is 6.64. The summed E-state index contributed by atoms with van der Waals surface area (Å²) < 4.78 is 10.6. The molecule has 2 rings (SSSR count). The highest BCUT2D eigenvalue weighted by Crippen LogP contribution is 2.28. The van der Waals surface area contributed by atoms with Crippen LogP contribution in [0.4, 0.5) is 0 Å². The Morgan fingerprint density at radius 3 is 2.38 bits per heavy atom. The van der Waals surface area contributed by atoms with E-state index >= 15 is 0 Å². The number of hydrogen-bond donors (Lipinski definition) is 2. The second-order valence-electron chi connectivity index (χ2n) is 6.09. The molecule has 0 saturated carbocycles. The smallest absolute Gasteiger partial charge is 0.160 e. The third-order valence-corrected chi connectivity index (χ3v) is 4.16. The minimum atomic E-state index is 0.0712. The molecule has 24 heavy (non-hydrogen) atoms. The highest BCUT2D eigenvalue weighted by atomic mass is 16.5. The Balaban J connectivity index is 2.00. The number of ether oxygens (including phenoxy) is 2. The number of nitrogens with one attached hydrogen (secondary N) is 1. The summed E-state index contributed by atoms with van der Waals surface area (Å²) >= 11 is 0. The number of rotatable bonds is 8. The third kappa shape index (κ3) is 4.73. The van der Waals surface area contributed by atoms with E-state index in [0.717, 1.165) is 23.5 Å². The summed E-state index contributed by atoms with van der Waals surface area (Å²) in [5.74, 6) is 1.50. The van der Waals surface area contributed by atoms with E-state index < -0.39 is 0 Å². The van der Waals surface area contributed by atoms with Crippen molar-refractivity contribution in [1.29, 1.82) is 0 Å². The van der Waals surface area contributed by atoms with Crippen LogP contribution in [0.15, 0.2) is 42.5 Å². The maximum atomic E-state index is 9.27. The van der Waals surface area contributed by atoms with E-state index in [1.54, 1.807) is 14.2 Å². The van der Waals surface area contributed by atoms with Gasteiger partial charge in [0, 0.05) is 12.1 Å². The van der Waals surface area contributed by atoms with E-state index in [9.17, 15) is 5.11 Å². The van der Waals surface area contributed by atoms with Crippen LogP contribution in [0.2, 0.25) is 0 Å². The molecule has 0 aliphatic rings. The molecule has 2 unspecified atom stereocenters. The van der Waals surface area contributed by atoms with Crippen molar-refractivity contribution in [2.45, 2.75) is 39.0 Å². The lowest BCUT2D eigenvalue weighted by Crippen LogP contribution is -2.30. The van der Waals surface area contributed by atoms with E-state index in [4.69, 9.17) is 9.47 Å². The van der Waals surface area contributed by atoms with E-state index in [0.29, 0.717) is 6.04 Å². The number of methoxy groups -OCH3 is 2. The summed E-state index contributed by atoms with van der Waals surface area (Å²) in [4.78, 5) is 0. The predicted molar refractivity (Wildman–Crippen MR) is 96.6 cm³/mol. The molecule has 0 aliphatic carbocycles. The van der Waals surface area contributed by atoms with Gasteiger partial charge in [0.2, 0.25) is 0 Å². The molecule has 0 radical (unpaired) electrons. The fourth-order valence-electron chi connectivity index (χ4n) is 2.90. The van der Waals surface area contributed by atoms with Gasteiger partial charge in [-0.3, -0.25) is 0 Å². The van der Waals surface area contributed by atoms with Gasteiger partial charge in [-0.05, 0) is 49.1 Å². The number of hydrogen-bond acceptors (Lipinski definition) is 4. The van der Waals surface area contributed by atoms with E-state index in [-0.39, 0.29) is 12.6 Å². The largest absolute Gasteiger partial charge is 0.493 e. The average molecular weight is 329 g/mol. The zero-order chi connectivity index (χ0) is 17.5. The van der Waals surface area contributed by atoms with Crippen LogP contribution in [0.25, 0.3) is 0 Å². The summed E-state index contributed by atoms with van der Waals surface area (Å²) in [7, 11) is 3.30. The van der Waals surface area contributed by atoms with Crippen molar-refractivity contribution in [1.82, 2.24) is 5.32 Å². The van der Waals surface area contributed by atoms with Crippen molar-refractivity contribution < 1.29 is 14.6 Å². The fraction of sp³-hybridized carbons (Fsp3) is 0.400. The molecule has 4 nitrogen and oxygen atoms in total. The van der Waals surface area contributed by atoms with E-state index in [1.165, 1.54) is 11.1 Å². The molecular formula is C20H27NO3. The maximum Gasteiger partial charge on any atom is 0.160 e. The standard InChI is InChI=1S/C20H27NO3/c1-14(10-16-8-9-19(23-3)20(12-16)24-4)21-15(2)18-7-5-6-17(11-18)13-22/h5-9,11-12,14-15,21-22H,10,13H2,1-4H3. The fourth-order valence-corrected chi connectivity index (χ4v) is 2.90. The first kappa shape index (κ1) is 18.3. The van der Waals surface area contributed by atoms with Gasteiger partial charge in [-0.1, -0.05) is 30.3 Å². The van der Waals surface area contributed by atoms with Gasteiger partial charge in [0.05, 0.1) is 20.8 Å². The third-order valence-electron chi connectivity index (χ3n) is 4.16. The zero-order valence-electron chi connectivity index (χ0n) is 14.9. The molecule has 0 aliphatic heterocycles. The first-order chi connectivity index (χ1) is 11.6. The Morgan fingerprint density at radius 1 is 0.958 bits per heavy atom. The van der Waals surface area contributed by atoms with Crippen LogP contribution in [0, 0.1) is 0 Å². The van der Waals surface area contributed by atoms with Gasteiger partial charge in [-0.25, -0.2) is 0 Å². The van der Waals surface area contributed by atoms with Crippen LogP contribution >= 0.6 is 0 Å². The molecule has 4 heteroatoms. The molecule has 0 amide bonds. The lowest BCUT2D eigenvalue weighted by molar-refractivity contribution is 0.281. The SMILES string of the molecule is COc1ccc(CC(C)NC(C)c2cccc(CO)c2)cc1OC. The highest BCUT2D eigenvalue weighted by molar-refractivity contribution is 5.43. The molecule has 130 valence electrons. The van der Waals surface area contributed by atoms with Crippen LogP contribution in [0.5, 0.6) is 11.5 Å². The van der Waals surface area contributed by atoms with Crippen molar-refractivity contribution in [2.75, 3.05) is 14.2 Å². The van der Waals surface area contributed by atoms with Gasteiger partial charge < -0.3 is 19.9 Å². The van der Waals surface area contributed by atoms with Gasteiger partial charge in [0.25, 0.3) is 0 Å². The Bertz CT molecular complexity index is 657. The van der Waals surface area contributed by atoms with Crippen molar-refractivity contribution in [3.63, 3.8) is 0 Å². The Hall–Kier alpha value is -2.04. The molecular weight excluding hydrogens is 302 g/mol. The van der Waals surface area contributed by atoms with E-state index in [1.807, 2.05) is 30.3 Å². The summed E-state index contributed by atoms with van der Waals surface area (Å²) in [6.07, 6.45) is 0.893. The molecule has 0 bridgehead atoms. The predicted octanol–water partition coefficient (Wildman–Crippen LogP) is 3.48. The van der Waals surface area contributed by atoms with Crippen LogP contribution < -0.4 is 14.8 Å². The van der Waals surface area contributed by atoms with Gasteiger partial charge in [-0.15, -0.1) is 0 Å². The van der Waals surface area contributed by atoms with Crippen LogP contribution in [-0.2, 0) is 13.0 Å². The van der Waals surface area contributed by atoms with Crippen LogP contribution in [0.1, 0.15) is 36.6 Å². The number of benzene rings is 2. The lowest BCUT2D eigenvalue weighted by atomic mass is 10.0. The summed E-state index contributed by atoms with van der Waals surface area (Å²) in [6, 6.07) is 14.6. The lowest BCUT2D eigenvalue weighted by Gasteiger charge is -2.21. The van der Waals surface area contributed by atoms with Crippen LogP contribution in [-0.4, -0.2) is 25.4 Å². The second kappa shape index (κ2) is 8.71. The minimum Gasteiger partial charge on any atom is -0.493 e. The first-order valence-electron chi connectivity index (χ1n) is 8.24. The first-order valence-corrected chi connectivity index (χ1v) is 8.24. The van der Waals surface area contributed by atoms with Crippen molar-refractivity contribution in [3.05, 3.63) is 59.2 Å². The van der Waals surface area contributed by atoms with Gasteiger partial charge in [0.15, 0.2) is 11.5 Å². The van der Waals surface area contributed by atoms with Gasteiger partial charge in [-0.2, -0.15) is 0 Å². The molecule has 0 spiro atoms. The number of aliphatic hydroxyl groups is 1. The summed E-state index contributed by atoms with van der Waals surface area (Å²) in [6.45, 7) is 4.38. The molecule has 0 fully saturated rings. The highest BCUT2D eigenvalue weighted by Gasteiger charge is 2.12. The summed E-state index contributed by atoms with van der Waals surface area (Å²) in [5.41, 5.74) is 3.32. The summed E-state index contributed by atoms with van der Waals surface area (Å²) in [5, 5.41) is 12.9. The molecule has 0 aromatic heterocycles.